The first-order chi connectivity index (χ1) is 14.8. The van der Waals surface area contributed by atoms with E-state index in [1.54, 1.807) is 41.2 Å². The minimum Gasteiger partial charge on any atom is -0.294 e. The Bertz CT molecular complexity index is 1340. The molecule has 4 rings (SSSR count). The standard InChI is InChI=1S/C24H16F3N3O/c1-16-7-8-19(22(31)13-17-4-2-5-20(12-17)24(25,26)27)14-18(16)9-10-21-15-28-23-6-3-11-29-30(21)23/h2-8,11-12,14-15H,13H2,1H3. The van der Waals surface area contributed by atoms with Crippen LogP contribution in [0.3, 0.4) is 0 Å². The Hall–Kier alpha value is -3.92. The summed E-state index contributed by atoms with van der Waals surface area (Å²) in [4.78, 5) is 16.9. The van der Waals surface area contributed by atoms with Gasteiger partial charge in [-0.3, -0.25) is 4.79 Å². The molecule has 0 radical (unpaired) electrons. The van der Waals surface area contributed by atoms with Crippen molar-refractivity contribution >= 4 is 11.4 Å². The van der Waals surface area contributed by atoms with Gasteiger partial charge in [-0.15, -0.1) is 0 Å². The molecular weight excluding hydrogens is 403 g/mol. The van der Waals surface area contributed by atoms with E-state index < -0.39 is 11.7 Å². The second kappa shape index (κ2) is 8.07. The van der Waals surface area contributed by atoms with Crippen LogP contribution in [-0.4, -0.2) is 20.4 Å². The van der Waals surface area contributed by atoms with Gasteiger partial charge in [0.2, 0.25) is 0 Å². The number of hydrogen-bond acceptors (Lipinski definition) is 3. The molecule has 0 aliphatic heterocycles. The molecule has 0 spiro atoms. The molecular formula is C24H16F3N3O. The highest BCUT2D eigenvalue weighted by atomic mass is 19.4. The molecule has 31 heavy (non-hydrogen) atoms. The van der Waals surface area contributed by atoms with E-state index in [0.29, 0.717) is 28.0 Å². The van der Waals surface area contributed by atoms with Crippen LogP contribution in [0.15, 0.2) is 67.0 Å². The molecule has 4 aromatic rings. The highest BCUT2D eigenvalue weighted by molar-refractivity contribution is 5.98. The number of aryl methyl sites for hydroxylation is 1. The van der Waals surface area contributed by atoms with E-state index in [4.69, 9.17) is 0 Å². The quantitative estimate of drug-likeness (QED) is 0.351. The molecule has 0 N–H and O–H groups in total. The molecule has 0 saturated carbocycles. The van der Waals surface area contributed by atoms with Crippen LogP contribution < -0.4 is 0 Å². The van der Waals surface area contributed by atoms with E-state index >= 15 is 0 Å². The largest absolute Gasteiger partial charge is 0.416 e. The van der Waals surface area contributed by atoms with Gasteiger partial charge in [-0.25, -0.2) is 9.50 Å². The van der Waals surface area contributed by atoms with E-state index in [9.17, 15) is 18.0 Å². The Morgan fingerprint density at radius 3 is 2.71 bits per heavy atom. The molecule has 154 valence electrons. The van der Waals surface area contributed by atoms with Gasteiger partial charge in [0.25, 0.3) is 0 Å². The number of imidazole rings is 1. The van der Waals surface area contributed by atoms with Gasteiger partial charge in [0.15, 0.2) is 11.4 Å². The molecule has 0 unspecified atom stereocenters. The predicted octanol–water partition coefficient (Wildman–Crippen LogP) is 4.88. The Labute approximate surface area is 176 Å². The molecule has 0 aliphatic rings. The summed E-state index contributed by atoms with van der Waals surface area (Å²) in [7, 11) is 0. The number of Topliss-reactive ketones (excluding diaryl/α,β-unsaturated/α-hetero) is 1. The SMILES string of the molecule is Cc1ccc(C(=O)Cc2cccc(C(F)(F)F)c2)cc1C#Cc1cnc2cccnn12. The Morgan fingerprint density at radius 2 is 1.90 bits per heavy atom. The second-order valence-electron chi connectivity index (χ2n) is 7.01. The van der Waals surface area contributed by atoms with Crippen LogP contribution in [-0.2, 0) is 12.6 Å². The first-order valence-electron chi connectivity index (χ1n) is 9.42. The molecule has 2 heterocycles. The lowest BCUT2D eigenvalue weighted by atomic mass is 9.98. The number of alkyl halides is 3. The molecule has 0 saturated heterocycles. The lowest BCUT2D eigenvalue weighted by Gasteiger charge is -2.09. The smallest absolute Gasteiger partial charge is 0.294 e. The number of hydrogen-bond donors (Lipinski definition) is 0. The van der Waals surface area contributed by atoms with Crippen LogP contribution in [0.4, 0.5) is 13.2 Å². The molecule has 0 atom stereocenters. The fourth-order valence-corrected chi connectivity index (χ4v) is 3.12. The Balaban J connectivity index is 1.59. The molecule has 2 aromatic heterocycles. The summed E-state index contributed by atoms with van der Waals surface area (Å²) < 4.78 is 40.4. The summed E-state index contributed by atoms with van der Waals surface area (Å²) in [5.41, 5.74) is 2.75. The zero-order chi connectivity index (χ0) is 22.0. The van der Waals surface area contributed by atoms with E-state index in [1.807, 2.05) is 13.0 Å². The van der Waals surface area contributed by atoms with Gasteiger partial charge in [0.05, 0.1) is 11.8 Å². The van der Waals surface area contributed by atoms with E-state index in [-0.39, 0.29) is 12.2 Å². The maximum absolute atomic E-state index is 12.9. The number of ketones is 1. The number of fused-ring (bicyclic) bond motifs is 1. The fourth-order valence-electron chi connectivity index (χ4n) is 3.12. The van der Waals surface area contributed by atoms with Gasteiger partial charge in [-0.05, 0) is 48.2 Å². The minimum atomic E-state index is -4.45. The van der Waals surface area contributed by atoms with Crippen LogP contribution in [0, 0.1) is 18.8 Å². The van der Waals surface area contributed by atoms with Gasteiger partial charge in [0, 0.05) is 23.7 Å². The number of aromatic nitrogens is 3. The maximum Gasteiger partial charge on any atom is 0.416 e. The zero-order valence-corrected chi connectivity index (χ0v) is 16.4. The monoisotopic (exact) mass is 419 g/mol. The van der Waals surface area contributed by atoms with E-state index in [2.05, 4.69) is 21.9 Å². The van der Waals surface area contributed by atoms with Crippen LogP contribution >= 0.6 is 0 Å². The van der Waals surface area contributed by atoms with Crippen molar-refractivity contribution in [1.82, 2.24) is 14.6 Å². The maximum atomic E-state index is 12.9. The topological polar surface area (TPSA) is 47.3 Å². The first kappa shape index (κ1) is 20.4. The van der Waals surface area contributed by atoms with Crippen molar-refractivity contribution in [2.24, 2.45) is 0 Å². The van der Waals surface area contributed by atoms with E-state index in [1.165, 1.54) is 12.1 Å². The third kappa shape index (κ3) is 4.48. The zero-order valence-electron chi connectivity index (χ0n) is 16.4. The van der Waals surface area contributed by atoms with Crippen molar-refractivity contribution in [3.8, 4) is 11.8 Å². The van der Waals surface area contributed by atoms with Gasteiger partial charge < -0.3 is 0 Å². The van der Waals surface area contributed by atoms with Crippen molar-refractivity contribution in [1.29, 1.82) is 0 Å². The summed E-state index contributed by atoms with van der Waals surface area (Å²) in [5.74, 6) is 5.78. The van der Waals surface area contributed by atoms with Crippen LogP contribution in [0.1, 0.15) is 38.3 Å². The number of benzene rings is 2. The summed E-state index contributed by atoms with van der Waals surface area (Å²) in [6, 6.07) is 13.5. The first-order valence-corrected chi connectivity index (χ1v) is 9.42. The van der Waals surface area contributed by atoms with Crippen LogP contribution in [0.5, 0.6) is 0 Å². The number of carbonyl (C=O) groups is 1. The van der Waals surface area contributed by atoms with Crippen LogP contribution in [0.25, 0.3) is 5.65 Å². The summed E-state index contributed by atoms with van der Waals surface area (Å²) in [6.07, 6.45) is -1.32. The minimum absolute atomic E-state index is 0.128. The summed E-state index contributed by atoms with van der Waals surface area (Å²) in [6.45, 7) is 1.87. The van der Waals surface area contributed by atoms with E-state index in [0.717, 1.165) is 17.7 Å². The van der Waals surface area contributed by atoms with Crippen molar-refractivity contribution in [2.75, 3.05) is 0 Å². The molecule has 0 bridgehead atoms. The van der Waals surface area contributed by atoms with Crippen molar-refractivity contribution < 1.29 is 18.0 Å². The lowest BCUT2D eigenvalue weighted by Crippen LogP contribution is -2.08. The molecule has 0 aliphatic carbocycles. The molecule has 0 fully saturated rings. The molecule has 2 aromatic carbocycles. The fraction of sp³-hybridized carbons (Fsp3) is 0.125. The highest BCUT2D eigenvalue weighted by Crippen LogP contribution is 2.29. The average molecular weight is 419 g/mol. The third-order valence-corrected chi connectivity index (χ3v) is 4.78. The van der Waals surface area contributed by atoms with Gasteiger partial charge in [0.1, 0.15) is 5.69 Å². The second-order valence-corrected chi connectivity index (χ2v) is 7.01. The Morgan fingerprint density at radius 1 is 1.06 bits per heavy atom. The number of nitrogens with zero attached hydrogens (tertiary/aromatic N) is 3. The van der Waals surface area contributed by atoms with Crippen molar-refractivity contribution in [2.45, 2.75) is 19.5 Å². The summed E-state index contributed by atoms with van der Waals surface area (Å²) in [5, 5.41) is 4.21. The number of halogens is 3. The molecule has 4 nitrogen and oxygen atoms in total. The normalized spacial score (nSPS) is 11.2. The van der Waals surface area contributed by atoms with Gasteiger partial charge in [-0.1, -0.05) is 36.3 Å². The molecule has 0 amide bonds. The summed E-state index contributed by atoms with van der Waals surface area (Å²) >= 11 is 0. The predicted molar refractivity (Wildman–Crippen MR) is 110 cm³/mol. The number of carbonyl (C=O) groups excluding carboxylic acids is 1. The van der Waals surface area contributed by atoms with Crippen LogP contribution in [0.2, 0.25) is 0 Å². The average Bonchev–Trinajstić information content (AvgIpc) is 3.16. The van der Waals surface area contributed by atoms with Gasteiger partial charge >= 0.3 is 6.18 Å². The van der Waals surface area contributed by atoms with Crippen molar-refractivity contribution in [3.63, 3.8) is 0 Å². The van der Waals surface area contributed by atoms with Crippen molar-refractivity contribution in [3.05, 3.63) is 101 Å². The van der Waals surface area contributed by atoms with Gasteiger partial charge in [-0.2, -0.15) is 18.3 Å². The number of rotatable bonds is 3. The third-order valence-electron chi connectivity index (χ3n) is 4.78. The Kier molecular flexibility index (Phi) is 5.30. The lowest BCUT2D eigenvalue weighted by molar-refractivity contribution is -0.137. The highest BCUT2D eigenvalue weighted by Gasteiger charge is 2.30. The molecule has 7 heteroatoms.